The summed E-state index contributed by atoms with van der Waals surface area (Å²) in [5.41, 5.74) is 8.95. The number of hydrogen-bond donors (Lipinski definition) is 3. The minimum atomic E-state index is -0.956. The van der Waals surface area contributed by atoms with Crippen molar-refractivity contribution in [2.24, 2.45) is 10.4 Å². The van der Waals surface area contributed by atoms with E-state index in [4.69, 9.17) is 4.99 Å². The van der Waals surface area contributed by atoms with Gasteiger partial charge in [-0.15, -0.1) is 32.9 Å². The smallest absolute Gasteiger partial charge is 0.246 e. The van der Waals surface area contributed by atoms with E-state index in [1.807, 2.05) is 103 Å². The molecule has 5 aromatic rings. The van der Waals surface area contributed by atoms with Crippen LogP contribution in [0.3, 0.4) is 0 Å². The molecule has 3 amide bonds. The number of nitrogens with one attached hydrogen (secondary N) is 2. The molecule has 0 radical (unpaired) electrons. The Kier molecular flexibility index (Phi) is 11.4. The highest BCUT2D eigenvalue weighted by atomic mass is 32.1. The summed E-state index contributed by atoms with van der Waals surface area (Å²) in [6.45, 7) is 17.7. The van der Waals surface area contributed by atoms with Gasteiger partial charge in [-0.2, -0.15) is 0 Å². The molecular formula is C44H50N8O4S2. The Morgan fingerprint density at radius 1 is 0.966 bits per heavy atom. The van der Waals surface area contributed by atoms with Crippen LogP contribution >= 0.6 is 22.7 Å². The lowest BCUT2D eigenvalue weighted by Gasteiger charge is -2.35. The van der Waals surface area contributed by atoms with Crippen molar-refractivity contribution < 1.29 is 19.5 Å². The Morgan fingerprint density at radius 2 is 1.66 bits per heavy atom. The van der Waals surface area contributed by atoms with Gasteiger partial charge in [0.05, 0.1) is 33.9 Å². The molecule has 14 heteroatoms. The third-order valence-electron chi connectivity index (χ3n) is 11.0. The number of benzene rings is 2. The molecular weight excluding hydrogens is 769 g/mol. The zero-order valence-electron chi connectivity index (χ0n) is 34.3. The van der Waals surface area contributed by atoms with Crippen molar-refractivity contribution in [3.05, 3.63) is 110 Å². The predicted octanol–water partition coefficient (Wildman–Crippen LogP) is 6.98. The molecule has 1 unspecified atom stereocenters. The number of aliphatic hydroxyl groups is 1. The quantitative estimate of drug-likeness (QED) is 0.136. The van der Waals surface area contributed by atoms with Gasteiger partial charge in [-0.25, -0.2) is 4.98 Å². The lowest BCUT2D eigenvalue weighted by atomic mass is 9.85. The summed E-state index contributed by atoms with van der Waals surface area (Å²) in [6.07, 6.45) is 2.36. The maximum absolute atomic E-state index is 14.2. The molecule has 2 aliphatic heterocycles. The molecule has 12 nitrogen and oxygen atoms in total. The number of likely N-dealkylation sites (tertiary alicyclic amines) is 1. The van der Waals surface area contributed by atoms with Crippen LogP contribution in [0.5, 0.6) is 0 Å². The maximum atomic E-state index is 14.2. The van der Waals surface area contributed by atoms with Gasteiger partial charge in [-0.1, -0.05) is 69.3 Å². The number of hydrogen-bond acceptors (Lipinski definition) is 10. The highest BCUT2D eigenvalue weighted by molar-refractivity contribution is 7.15. The van der Waals surface area contributed by atoms with E-state index in [-0.39, 0.29) is 31.0 Å². The third-order valence-corrected chi connectivity index (χ3v) is 13.2. The monoisotopic (exact) mass is 818 g/mol. The fraction of sp³-hybridized carbons (Fsp3) is 0.386. The number of carbonyl (C=O) groups excluding carboxylic acids is 3. The van der Waals surface area contributed by atoms with Gasteiger partial charge in [0, 0.05) is 35.0 Å². The average molecular weight is 819 g/mol. The number of fused-ring (bicyclic) bond motifs is 3. The number of β-amino-alcohol motifs (C(OH)–C–C–N with tert-alkyl or cyclic N) is 1. The molecule has 2 aliphatic rings. The number of thiophene rings is 1. The molecule has 3 N–H and O–H groups in total. The van der Waals surface area contributed by atoms with Gasteiger partial charge in [-0.05, 0) is 75.3 Å². The number of nitrogens with zero attached hydrogens (tertiary/aromatic N) is 6. The lowest BCUT2D eigenvalue weighted by molar-refractivity contribution is -0.143. The van der Waals surface area contributed by atoms with Crippen LogP contribution < -0.4 is 10.6 Å². The van der Waals surface area contributed by atoms with Crippen LogP contribution in [0.1, 0.15) is 103 Å². The van der Waals surface area contributed by atoms with Crippen molar-refractivity contribution in [2.75, 3.05) is 6.54 Å². The third kappa shape index (κ3) is 8.05. The number of carbonyl (C=O) groups is 3. The van der Waals surface area contributed by atoms with Crippen molar-refractivity contribution in [1.82, 2.24) is 35.3 Å². The van der Waals surface area contributed by atoms with Crippen LogP contribution in [0.2, 0.25) is 0 Å². The van der Waals surface area contributed by atoms with Gasteiger partial charge >= 0.3 is 0 Å². The van der Waals surface area contributed by atoms with Gasteiger partial charge in [0.1, 0.15) is 29.0 Å². The molecule has 0 aliphatic carbocycles. The maximum Gasteiger partial charge on any atom is 0.246 e. The summed E-state index contributed by atoms with van der Waals surface area (Å²) in [7, 11) is 0. The summed E-state index contributed by atoms with van der Waals surface area (Å²) in [6, 6.07) is 13.5. The first kappa shape index (κ1) is 40.9. The van der Waals surface area contributed by atoms with Gasteiger partial charge < -0.3 is 20.6 Å². The second-order valence-corrected chi connectivity index (χ2v) is 18.4. The lowest BCUT2D eigenvalue weighted by Crippen LogP contribution is -2.57. The molecule has 0 saturated carbocycles. The highest BCUT2D eigenvalue weighted by Crippen LogP contribution is 2.39. The van der Waals surface area contributed by atoms with Crippen LogP contribution in [-0.4, -0.2) is 77.9 Å². The Balaban J connectivity index is 1.02. The average Bonchev–Trinajstić information content (AvgIpc) is 3.95. The molecule has 2 aromatic carbocycles. The number of amides is 3. The van der Waals surface area contributed by atoms with Crippen LogP contribution in [0.4, 0.5) is 0 Å². The van der Waals surface area contributed by atoms with Crippen molar-refractivity contribution in [2.45, 2.75) is 99.0 Å². The molecule has 0 spiro atoms. The van der Waals surface area contributed by atoms with E-state index >= 15 is 0 Å². The van der Waals surface area contributed by atoms with Gasteiger partial charge in [0.25, 0.3) is 0 Å². The Morgan fingerprint density at radius 3 is 2.31 bits per heavy atom. The van der Waals surface area contributed by atoms with E-state index in [1.54, 1.807) is 28.7 Å². The molecule has 58 heavy (non-hydrogen) atoms. The number of aromatic nitrogens is 4. The summed E-state index contributed by atoms with van der Waals surface area (Å²) < 4.78 is 2.11. The first-order valence-electron chi connectivity index (χ1n) is 19.5. The Hall–Kier alpha value is -5.31. The van der Waals surface area contributed by atoms with E-state index in [9.17, 15) is 19.5 Å². The van der Waals surface area contributed by atoms with E-state index in [1.165, 1.54) is 21.4 Å². The number of aliphatic hydroxyl groups excluding tert-OH is 1. The summed E-state index contributed by atoms with van der Waals surface area (Å²) in [4.78, 5) is 54.5. The molecule has 3 aromatic heterocycles. The second kappa shape index (κ2) is 16.1. The number of aliphatic imine (C=N–C) groups is 1. The molecule has 5 atom stereocenters. The van der Waals surface area contributed by atoms with Crippen molar-refractivity contribution >= 4 is 52.2 Å². The van der Waals surface area contributed by atoms with Crippen LogP contribution in [0, 0.1) is 33.1 Å². The Labute approximate surface area is 347 Å². The fourth-order valence-corrected chi connectivity index (χ4v) is 9.64. The number of thiazole rings is 1. The zero-order chi connectivity index (χ0) is 41.6. The van der Waals surface area contributed by atoms with E-state index < -0.39 is 35.4 Å². The minimum Gasteiger partial charge on any atom is -0.391 e. The number of aryl methyl sites for hydroxylation is 3. The van der Waals surface area contributed by atoms with E-state index in [2.05, 4.69) is 44.2 Å². The van der Waals surface area contributed by atoms with Gasteiger partial charge in [0.2, 0.25) is 17.7 Å². The van der Waals surface area contributed by atoms with Gasteiger partial charge in [-0.3, -0.25) is 23.9 Å². The summed E-state index contributed by atoms with van der Waals surface area (Å²) in [5.74, 6) is 0.409. The number of rotatable bonds is 9. The highest BCUT2D eigenvalue weighted by Gasteiger charge is 2.44. The molecule has 7 rings (SSSR count). The largest absolute Gasteiger partial charge is 0.391 e. The molecule has 1 fully saturated rings. The zero-order valence-corrected chi connectivity index (χ0v) is 36.0. The fourth-order valence-electron chi connectivity index (χ4n) is 7.61. The summed E-state index contributed by atoms with van der Waals surface area (Å²) in [5, 5.41) is 26.5. The Bertz CT molecular complexity index is 2420. The van der Waals surface area contributed by atoms with Crippen LogP contribution in [-0.2, 0) is 14.4 Å². The minimum absolute atomic E-state index is 0.00574. The molecule has 5 heterocycles. The molecule has 0 bridgehead atoms. The first-order valence-corrected chi connectivity index (χ1v) is 21.2. The SMILES string of the molecule is Cc1ncsc1-c1ccc([C@H](C)NC(=O)[C@@H]2C[C@@H](O)CN2C(=O)C(NC(=O)/C=C/c2ccc(C3=N[C@@H](C)c4nnc(C)n4-c4sc(C)c(C)c43)cc2)C(C)(C)C)cc1. The van der Waals surface area contributed by atoms with E-state index in [0.29, 0.717) is 0 Å². The van der Waals surface area contributed by atoms with Crippen molar-refractivity contribution in [3.8, 4) is 15.4 Å². The second-order valence-electron chi connectivity index (χ2n) is 16.3. The van der Waals surface area contributed by atoms with E-state index in [0.717, 1.165) is 60.7 Å². The van der Waals surface area contributed by atoms with Gasteiger partial charge in [0.15, 0.2) is 5.82 Å². The first-order chi connectivity index (χ1) is 27.5. The van der Waals surface area contributed by atoms with Crippen LogP contribution in [0.15, 0.2) is 65.1 Å². The normalized spacial score (nSPS) is 19.0. The summed E-state index contributed by atoms with van der Waals surface area (Å²) >= 11 is 3.29. The van der Waals surface area contributed by atoms with Crippen molar-refractivity contribution in [3.63, 3.8) is 0 Å². The molecule has 302 valence electrons. The standard InChI is InChI=1S/C44H50N8O4S2/c1-23-27(5)58-43-36(23)37(46-26(4)40-50-49-28(6)52(40)43)31-13-10-29(11-14-31)12-19-35(54)48-39(44(7,8)9)42(56)51-21-33(53)20-34(51)41(55)47-24(2)30-15-17-32(18-16-30)38-25(3)45-22-57-38/h10-19,22,24,26,33-34,39,53H,20-21H2,1-9H3,(H,47,55)(H,48,54)/b19-12+/t24-,26-,33+,34-,39?/m0/s1. The van der Waals surface area contributed by atoms with Crippen molar-refractivity contribution in [1.29, 1.82) is 0 Å². The van der Waals surface area contributed by atoms with Crippen LogP contribution in [0.25, 0.3) is 21.5 Å². The molecule has 1 saturated heterocycles. The predicted molar refractivity (Wildman–Crippen MR) is 229 cm³/mol. The topological polar surface area (TPSA) is 155 Å².